The van der Waals surface area contributed by atoms with Gasteiger partial charge in [0.1, 0.15) is 0 Å². The zero-order chi connectivity index (χ0) is 16.2. The van der Waals surface area contributed by atoms with Crippen LogP contribution < -0.4 is 10.6 Å². The van der Waals surface area contributed by atoms with Crippen LogP contribution in [-0.2, 0) is 10.0 Å². The van der Waals surface area contributed by atoms with Crippen LogP contribution in [0.25, 0.3) is 0 Å². The van der Waals surface area contributed by atoms with Crippen LogP contribution in [0, 0.1) is 0 Å². The minimum absolute atomic E-state index is 0.107. The van der Waals surface area contributed by atoms with Crippen molar-refractivity contribution in [2.75, 3.05) is 37.9 Å². The van der Waals surface area contributed by atoms with Crippen molar-refractivity contribution in [1.29, 1.82) is 0 Å². The van der Waals surface area contributed by atoms with Crippen molar-refractivity contribution < 1.29 is 13.5 Å². The van der Waals surface area contributed by atoms with Crippen molar-refractivity contribution in [2.45, 2.75) is 31.2 Å². The Kier molecular flexibility index (Phi) is 6.00. The molecule has 0 aliphatic carbocycles. The SMILES string of the molecule is CC(C)N(CCCO)c1ccc(S(=O)(=O)N(C)C)cc1N. The highest BCUT2D eigenvalue weighted by atomic mass is 32.2. The van der Waals surface area contributed by atoms with E-state index in [0.717, 1.165) is 9.99 Å². The van der Waals surface area contributed by atoms with Crippen LogP contribution in [0.5, 0.6) is 0 Å². The number of hydrogen-bond acceptors (Lipinski definition) is 5. The van der Waals surface area contributed by atoms with E-state index in [0.29, 0.717) is 18.7 Å². The standard InChI is InChI=1S/C14H25N3O3S/c1-11(2)17(8-5-9-18)14-7-6-12(10-13(14)15)21(19,20)16(3)4/h6-7,10-11,18H,5,8-9,15H2,1-4H3. The Morgan fingerprint density at radius 1 is 1.29 bits per heavy atom. The van der Waals surface area contributed by atoms with E-state index in [2.05, 4.69) is 4.90 Å². The molecule has 1 rings (SSSR count). The molecule has 0 aliphatic rings. The van der Waals surface area contributed by atoms with Crippen LogP contribution in [0.15, 0.2) is 23.1 Å². The highest BCUT2D eigenvalue weighted by molar-refractivity contribution is 7.89. The Morgan fingerprint density at radius 2 is 1.90 bits per heavy atom. The molecule has 0 atom stereocenters. The first-order valence-electron chi connectivity index (χ1n) is 6.91. The average molecular weight is 315 g/mol. The molecule has 0 amide bonds. The van der Waals surface area contributed by atoms with Crippen LogP contribution in [0.1, 0.15) is 20.3 Å². The van der Waals surface area contributed by atoms with Crippen molar-refractivity contribution in [3.05, 3.63) is 18.2 Å². The Morgan fingerprint density at radius 3 is 2.33 bits per heavy atom. The minimum atomic E-state index is -3.48. The fourth-order valence-electron chi connectivity index (χ4n) is 2.06. The topological polar surface area (TPSA) is 86.9 Å². The van der Waals surface area contributed by atoms with E-state index >= 15 is 0 Å². The van der Waals surface area contributed by atoms with Crippen molar-refractivity contribution in [3.63, 3.8) is 0 Å². The molecule has 21 heavy (non-hydrogen) atoms. The van der Waals surface area contributed by atoms with Crippen molar-refractivity contribution in [1.82, 2.24) is 4.31 Å². The summed E-state index contributed by atoms with van der Waals surface area (Å²) in [5, 5.41) is 8.98. The molecule has 6 nitrogen and oxygen atoms in total. The summed E-state index contributed by atoms with van der Waals surface area (Å²) >= 11 is 0. The predicted molar refractivity (Wildman–Crippen MR) is 85.9 cm³/mol. The molecular weight excluding hydrogens is 290 g/mol. The molecule has 1 aromatic carbocycles. The van der Waals surface area contributed by atoms with Gasteiger partial charge in [-0.15, -0.1) is 0 Å². The molecule has 0 spiro atoms. The van der Waals surface area contributed by atoms with E-state index in [1.165, 1.54) is 20.2 Å². The molecular formula is C14H25N3O3S. The van der Waals surface area contributed by atoms with E-state index in [1.807, 2.05) is 13.8 Å². The number of benzene rings is 1. The summed E-state index contributed by atoms with van der Waals surface area (Å²) in [6, 6.07) is 4.98. The molecule has 0 fully saturated rings. The van der Waals surface area contributed by atoms with Gasteiger partial charge in [-0.1, -0.05) is 0 Å². The second-order valence-corrected chi connectivity index (χ2v) is 7.52. The molecule has 0 saturated carbocycles. The number of nitrogens with two attached hydrogens (primary N) is 1. The van der Waals surface area contributed by atoms with Crippen LogP contribution in [0.3, 0.4) is 0 Å². The Bertz CT molecular complexity index is 571. The van der Waals surface area contributed by atoms with Gasteiger partial charge in [-0.25, -0.2) is 12.7 Å². The van der Waals surface area contributed by atoms with Crippen LogP contribution in [0.4, 0.5) is 11.4 Å². The second kappa shape index (κ2) is 7.11. The number of aliphatic hydroxyl groups is 1. The number of hydrogen-bond donors (Lipinski definition) is 2. The van der Waals surface area contributed by atoms with Gasteiger partial charge in [0.25, 0.3) is 0 Å². The third kappa shape index (κ3) is 4.09. The molecule has 0 saturated heterocycles. The van der Waals surface area contributed by atoms with Crippen molar-refractivity contribution in [3.8, 4) is 0 Å². The Labute approximate surface area is 127 Å². The lowest BCUT2D eigenvalue weighted by atomic mass is 10.2. The number of rotatable bonds is 7. The van der Waals surface area contributed by atoms with Gasteiger partial charge in [0.05, 0.1) is 16.3 Å². The third-order valence-corrected chi connectivity index (χ3v) is 5.08. The van der Waals surface area contributed by atoms with Gasteiger partial charge in [-0.2, -0.15) is 0 Å². The summed E-state index contributed by atoms with van der Waals surface area (Å²) in [5.41, 5.74) is 7.25. The van der Waals surface area contributed by atoms with Gasteiger partial charge in [0, 0.05) is 33.3 Å². The van der Waals surface area contributed by atoms with Crippen LogP contribution >= 0.6 is 0 Å². The van der Waals surface area contributed by atoms with Crippen molar-refractivity contribution in [2.24, 2.45) is 0 Å². The summed E-state index contributed by atoms with van der Waals surface area (Å²) in [6.45, 7) is 4.83. The summed E-state index contributed by atoms with van der Waals surface area (Å²) in [4.78, 5) is 2.23. The number of anilines is 2. The monoisotopic (exact) mass is 315 g/mol. The molecule has 0 radical (unpaired) electrons. The number of nitrogens with zero attached hydrogens (tertiary/aromatic N) is 2. The number of nitrogen functional groups attached to an aromatic ring is 1. The lowest BCUT2D eigenvalue weighted by Gasteiger charge is -2.30. The molecule has 1 aromatic rings. The summed E-state index contributed by atoms with van der Waals surface area (Å²) in [7, 11) is -0.510. The van der Waals surface area contributed by atoms with Gasteiger partial charge < -0.3 is 15.7 Å². The Balaban J connectivity index is 3.17. The zero-order valence-corrected chi connectivity index (χ0v) is 13.9. The molecule has 0 bridgehead atoms. The van der Waals surface area contributed by atoms with Crippen LogP contribution in [-0.4, -0.2) is 51.1 Å². The molecule has 0 aromatic heterocycles. The predicted octanol–water partition coefficient (Wildman–Crippen LogP) is 1.12. The van der Waals surface area contributed by atoms with E-state index < -0.39 is 10.0 Å². The van der Waals surface area contributed by atoms with Crippen LogP contribution in [0.2, 0.25) is 0 Å². The molecule has 0 heterocycles. The number of sulfonamides is 1. The molecule has 3 N–H and O–H groups in total. The molecule has 7 heteroatoms. The maximum Gasteiger partial charge on any atom is 0.242 e. The van der Waals surface area contributed by atoms with Gasteiger partial charge >= 0.3 is 0 Å². The Hall–Kier alpha value is -1.31. The van der Waals surface area contributed by atoms with Gasteiger partial charge in [-0.3, -0.25) is 0 Å². The van der Waals surface area contributed by atoms with Gasteiger partial charge in [0.15, 0.2) is 0 Å². The molecule has 120 valence electrons. The first-order chi connectivity index (χ1) is 9.71. The van der Waals surface area contributed by atoms with E-state index in [-0.39, 0.29) is 17.5 Å². The minimum Gasteiger partial charge on any atom is -0.397 e. The lowest BCUT2D eigenvalue weighted by molar-refractivity contribution is 0.288. The number of aliphatic hydroxyl groups excluding tert-OH is 1. The first-order valence-corrected chi connectivity index (χ1v) is 8.35. The maximum atomic E-state index is 12.1. The largest absolute Gasteiger partial charge is 0.397 e. The maximum absolute atomic E-state index is 12.1. The summed E-state index contributed by atoms with van der Waals surface area (Å²) < 4.78 is 25.4. The van der Waals surface area contributed by atoms with Crippen molar-refractivity contribution >= 4 is 21.4 Å². The van der Waals surface area contributed by atoms with Gasteiger partial charge in [0.2, 0.25) is 10.0 Å². The fraction of sp³-hybridized carbons (Fsp3) is 0.571. The van der Waals surface area contributed by atoms with E-state index in [4.69, 9.17) is 10.8 Å². The second-order valence-electron chi connectivity index (χ2n) is 5.37. The van der Waals surface area contributed by atoms with Gasteiger partial charge in [-0.05, 0) is 38.5 Å². The van der Waals surface area contributed by atoms with E-state index in [9.17, 15) is 8.42 Å². The van der Waals surface area contributed by atoms with E-state index in [1.54, 1.807) is 12.1 Å². The lowest BCUT2D eigenvalue weighted by Crippen LogP contribution is -2.33. The first kappa shape index (κ1) is 17.7. The average Bonchev–Trinajstić information content (AvgIpc) is 2.39. The highest BCUT2D eigenvalue weighted by Gasteiger charge is 2.20. The fourth-order valence-corrected chi connectivity index (χ4v) is 3.00. The normalized spacial score (nSPS) is 12.1. The molecule has 0 aliphatic heterocycles. The molecule has 0 unspecified atom stereocenters. The highest BCUT2D eigenvalue weighted by Crippen LogP contribution is 2.28. The zero-order valence-electron chi connectivity index (χ0n) is 13.1. The third-order valence-electron chi connectivity index (χ3n) is 3.27. The smallest absolute Gasteiger partial charge is 0.242 e. The summed E-state index contributed by atoms with van der Waals surface area (Å²) in [5.74, 6) is 0. The summed E-state index contributed by atoms with van der Waals surface area (Å²) in [6.07, 6.45) is 0.634. The quantitative estimate of drug-likeness (QED) is 0.736.